The zero-order valence-electron chi connectivity index (χ0n) is 9.63. The van der Waals surface area contributed by atoms with E-state index in [1.807, 2.05) is 12.1 Å². The zero-order valence-corrected chi connectivity index (χ0v) is 9.63. The summed E-state index contributed by atoms with van der Waals surface area (Å²) in [4.78, 5) is 6.49. The first-order chi connectivity index (χ1) is 7.72. The van der Waals surface area contributed by atoms with Crippen LogP contribution in [-0.4, -0.2) is 29.3 Å². The predicted octanol–water partition coefficient (Wildman–Crippen LogP) is 1.26. The Hall–Kier alpha value is -1.29. The van der Waals surface area contributed by atoms with Gasteiger partial charge in [0.25, 0.3) is 0 Å². The van der Waals surface area contributed by atoms with Crippen molar-refractivity contribution >= 4 is 11.5 Å². The van der Waals surface area contributed by atoms with Crippen LogP contribution in [0.2, 0.25) is 0 Å². The molecular weight excluding hydrogens is 202 g/mol. The number of hydrogen-bond acceptors (Lipinski definition) is 4. The van der Waals surface area contributed by atoms with E-state index in [9.17, 15) is 5.11 Å². The van der Waals surface area contributed by atoms with Crippen molar-refractivity contribution in [3.8, 4) is 0 Å². The van der Waals surface area contributed by atoms with Crippen molar-refractivity contribution in [3.05, 3.63) is 18.3 Å². The highest BCUT2D eigenvalue weighted by Gasteiger charge is 2.27. The van der Waals surface area contributed by atoms with Gasteiger partial charge in [0.1, 0.15) is 0 Å². The second-order valence-corrected chi connectivity index (χ2v) is 4.39. The molecule has 0 unspecified atom stereocenters. The minimum atomic E-state index is -0.175. The molecule has 1 aromatic rings. The number of aliphatic hydroxyl groups is 1. The molecule has 1 aromatic heterocycles. The molecule has 4 heteroatoms. The van der Waals surface area contributed by atoms with E-state index in [2.05, 4.69) is 16.8 Å². The molecule has 16 heavy (non-hydrogen) atoms. The summed E-state index contributed by atoms with van der Waals surface area (Å²) in [6.45, 7) is 3.79. The van der Waals surface area contributed by atoms with Crippen LogP contribution in [0.4, 0.5) is 11.5 Å². The van der Waals surface area contributed by atoms with E-state index in [-0.39, 0.29) is 6.10 Å². The average molecular weight is 221 g/mol. The molecule has 2 atom stereocenters. The van der Waals surface area contributed by atoms with Gasteiger partial charge in [0, 0.05) is 25.2 Å². The molecule has 0 bridgehead atoms. The maximum absolute atomic E-state index is 9.82. The fraction of sp³-hybridized carbons (Fsp3) is 0.583. The number of piperidine rings is 1. The summed E-state index contributed by atoms with van der Waals surface area (Å²) in [5, 5.41) is 9.82. The van der Waals surface area contributed by atoms with Crippen LogP contribution in [0, 0.1) is 5.92 Å². The monoisotopic (exact) mass is 221 g/mol. The fourth-order valence-corrected chi connectivity index (χ4v) is 2.29. The van der Waals surface area contributed by atoms with E-state index in [0.717, 1.165) is 31.7 Å². The van der Waals surface area contributed by atoms with Gasteiger partial charge >= 0.3 is 0 Å². The van der Waals surface area contributed by atoms with Gasteiger partial charge < -0.3 is 15.7 Å². The Morgan fingerprint density at radius 3 is 3.12 bits per heavy atom. The summed E-state index contributed by atoms with van der Waals surface area (Å²) in [6.07, 6.45) is 3.38. The van der Waals surface area contributed by atoms with Gasteiger partial charge in [-0.2, -0.15) is 0 Å². The highest BCUT2D eigenvalue weighted by Crippen LogP contribution is 2.27. The van der Waals surface area contributed by atoms with Gasteiger partial charge in [-0.3, -0.25) is 0 Å². The Balaban J connectivity index is 2.14. The summed E-state index contributed by atoms with van der Waals surface area (Å²) in [5.41, 5.74) is 6.62. The molecule has 2 rings (SSSR count). The van der Waals surface area contributed by atoms with E-state index < -0.39 is 0 Å². The quantitative estimate of drug-likeness (QED) is 0.789. The number of hydrogen-bond donors (Lipinski definition) is 2. The molecular formula is C12H19N3O. The van der Waals surface area contributed by atoms with E-state index in [1.165, 1.54) is 0 Å². The van der Waals surface area contributed by atoms with Crippen LogP contribution < -0.4 is 10.6 Å². The van der Waals surface area contributed by atoms with Crippen molar-refractivity contribution in [3.63, 3.8) is 0 Å². The molecule has 1 aliphatic rings. The third-order valence-corrected chi connectivity index (χ3v) is 3.33. The van der Waals surface area contributed by atoms with Crippen LogP contribution in [0.15, 0.2) is 18.3 Å². The molecule has 88 valence electrons. The first-order valence-corrected chi connectivity index (χ1v) is 5.86. The van der Waals surface area contributed by atoms with E-state index in [4.69, 9.17) is 5.73 Å². The lowest BCUT2D eigenvalue weighted by Crippen LogP contribution is -2.43. The van der Waals surface area contributed by atoms with Crippen LogP contribution in [0.3, 0.4) is 0 Å². The highest BCUT2D eigenvalue weighted by atomic mass is 16.3. The van der Waals surface area contributed by atoms with Crippen molar-refractivity contribution < 1.29 is 5.11 Å². The molecule has 1 aliphatic heterocycles. The van der Waals surface area contributed by atoms with Crippen LogP contribution in [0.25, 0.3) is 0 Å². The van der Waals surface area contributed by atoms with Crippen molar-refractivity contribution in [2.45, 2.75) is 25.9 Å². The summed E-state index contributed by atoms with van der Waals surface area (Å²) in [5.74, 6) is 1.18. The maximum atomic E-state index is 9.82. The number of nitrogen functional groups attached to an aromatic ring is 1. The topological polar surface area (TPSA) is 62.4 Å². The lowest BCUT2D eigenvalue weighted by molar-refractivity contribution is 0.0858. The van der Waals surface area contributed by atoms with E-state index in [0.29, 0.717) is 11.6 Å². The van der Waals surface area contributed by atoms with Crippen LogP contribution in [0.5, 0.6) is 0 Å². The largest absolute Gasteiger partial charge is 0.396 e. The summed E-state index contributed by atoms with van der Waals surface area (Å²) in [6, 6.07) is 3.71. The standard InChI is InChI=1S/C12H19N3O/c1-2-9-8-15(7-5-11(9)16)12-10(13)4-3-6-14-12/h3-4,6,9,11,16H,2,5,7-8,13H2,1H3/t9-,11+/m0/s1. The number of pyridine rings is 1. The van der Waals surface area contributed by atoms with E-state index in [1.54, 1.807) is 6.20 Å². The van der Waals surface area contributed by atoms with Crippen LogP contribution in [-0.2, 0) is 0 Å². The molecule has 4 nitrogen and oxygen atoms in total. The minimum Gasteiger partial charge on any atom is -0.396 e. The average Bonchev–Trinajstić information content (AvgIpc) is 2.31. The van der Waals surface area contributed by atoms with Crippen molar-refractivity contribution in [1.82, 2.24) is 4.98 Å². The van der Waals surface area contributed by atoms with Crippen LogP contribution in [0.1, 0.15) is 19.8 Å². The lowest BCUT2D eigenvalue weighted by Gasteiger charge is -2.36. The first kappa shape index (κ1) is 11.2. The maximum Gasteiger partial charge on any atom is 0.151 e. The van der Waals surface area contributed by atoms with Gasteiger partial charge in [-0.15, -0.1) is 0 Å². The predicted molar refractivity (Wildman–Crippen MR) is 65.3 cm³/mol. The van der Waals surface area contributed by atoms with Crippen molar-refractivity contribution in [2.24, 2.45) is 5.92 Å². The SMILES string of the molecule is CC[C@H]1CN(c2ncccc2N)CC[C@H]1O. The summed E-state index contributed by atoms with van der Waals surface area (Å²) in [7, 11) is 0. The van der Waals surface area contributed by atoms with Gasteiger partial charge in [0.15, 0.2) is 5.82 Å². The van der Waals surface area contributed by atoms with Gasteiger partial charge in [0.05, 0.1) is 11.8 Å². The van der Waals surface area contributed by atoms with Crippen molar-refractivity contribution in [1.29, 1.82) is 0 Å². The molecule has 1 fully saturated rings. The number of nitrogens with two attached hydrogens (primary N) is 1. The second kappa shape index (κ2) is 4.70. The Morgan fingerprint density at radius 2 is 2.44 bits per heavy atom. The Labute approximate surface area is 96.1 Å². The molecule has 3 N–H and O–H groups in total. The summed E-state index contributed by atoms with van der Waals surface area (Å²) >= 11 is 0. The lowest BCUT2D eigenvalue weighted by atomic mass is 9.92. The first-order valence-electron chi connectivity index (χ1n) is 5.86. The third kappa shape index (κ3) is 2.11. The number of aliphatic hydroxyl groups excluding tert-OH is 1. The second-order valence-electron chi connectivity index (χ2n) is 4.39. The fourth-order valence-electron chi connectivity index (χ4n) is 2.29. The third-order valence-electron chi connectivity index (χ3n) is 3.33. The Bertz CT molecular complexity index is 356. The molecule has 0 saturated carbocycles. The van der Waals surface area contributed by atoms with E-state index >= 15 is 0 Å². The van der Waals surface area contributed by atoms with Gasteiger partial charge in [-0.1, -0.05) is 6.92 Å². The normalized spacial score (nSPS) is 25.8. The Kier molecular flexibility index (Phi) is 3.29. The Morgan fingerprint density at radius 1 is 1.62 bits per heavy atom. The molecule has 0 aliphatic carbocycles. The number of rotatable bonds is 2. The van der Waals surface area contributed by atoms with Gasteiger partial charge in [0.2, 0.25) is 0 Å². The number of aromatic nitrogens is 1. The van der Waals surface area contributed by atoms with Gasteiger partial charge in [-0.05, 0) is 25.0 Å². The molecule has 0 radical (unpaired) electrons. The summed E-state index contributed by atoms with van der Waals surface area (Å²) < 4.78 is 0. The van der Waals surface area contributed by atoms with Crippen LogP contribution >= 0.6 is 0 Å². The molecule has 0 amide bonds. The highest BCUT2D eigenvalue weighted by molar-refractivity contribution is 5.62. The molecule has 0 spiro atoms. The van der Waals surface area contributed by atoms with Gasteiger partial charge in [-0.25, -0.2) is 4.98 Å². The molecule has 2 heterocycles. The smallest absolute Gasteiger partial charge is 0.151 e. The number of anilines is 2. The minimum absolute atomic E-state index is 0.175. The molecule has 0 aromatic carbocycles. The molecule has 1 saturated heterocycles. The van der Waals surface area contributed by atoms with Crippen molar-refractivity contribution in [2.75, 3.05) is 23.7 Å². The number of nitrogens with zero attached hydrogens (tertiary/aromatic N) is 2. The zero-order chi connectivity index (χ0) is 11.5.